The number of anilines is 2. The number of urea groups is 1. The van der Waals surface area contributed by atoms with E-state index >= 15 is 0 Å². The molecule has 1 unspecified atom stereocenters. The number of likely N-dealkylation sites (tertiary alicyclic amines) is 1. The van der Waals surface area contributed by atoms with Gasteiger partial charge < -0.3 is 15.9 Å². The molecule has 1 fully saturated rings. The van der Waals surface area contributed by atoms with Crippen LogP contribution in [0.4, 0.5) is 29.5 Å². The second kappa shape index (κ2) is 7.41. The number of fused-ring (bicyclic) bond motifs is 1. The van der Waals surface area contributed by atoms with E-state index < -0.39 is 41.9 Å². The van der Waals surface area contributed by atoms with Crippen molar-refractivity contribution in [2.75, 3.05) is 17.2 Å². The number of carboxylic acids is 1. The number of alkyl halides is 3. The van der Waals surface area contributed by atoms with Crippen molar-refractivity contribution in [1.29, 1.82) is 0 Å². The van der Waals surface area contributed by atoms with Crippen molar-refractivity contribution in [2.24, 2.45) is 5.92 Å². The van der Waals surface area contributed by atoms with Crippen molar-refractivity contribution in [1.82, 2.24) is 9.88 Å². The van der Waals surface area contributed by atoms with E-state index in [-0.39, 0.29) is 30.9 Å². The van der Waals surface area contributed by atoms with Gasteiger partial charge in [0.05, 0.1) is 5.56 Å². The van der Waals surface area contributed by atoms with Crippen LogP contribution in [0.3, 0.4) is 0 Å². The smallest absolute Gasteiger partial charge is 0.416 e. The largest absolute Gasteiger partial charge is 0.480 e. The van der Waals surface area contributed by atoms with E-state index in [9.17, 15) is 33.0 Å². The molecule has 2 aliphatic heterocycles. The van der Waals surface area contributed by atoms with Crippen LogP contribution in [0.1, 0.15) is 16.7 Å². The number of nitrogen functional groups attached to an aromatic ring is 1. The van der Waals surface area contributed by atoms with Gasteiger partial charge in [0.1, 0.15) is 18.1 Å². The highest BCUT2D eigenvalue weighted by Gasteiger charge is 2.55. The number of aliphatic hydroxyl groups is 1. The standard InChI is InChI=1S/C20H19F3N4O4/c21-20(22,23)12-1-2-14-11(9-12)4-6-26(14)19(31)27-16(18(29)30)13(17(27)28)7-10-3-5-25-15(24)8-10/h1-3,5,8-9,13,16-17,28H,4,6-7H2,(H2,24,25)(H,29,30)/t13-,16+,17?/m1/s1. The van der Waals surface area contributed by atoms with Gasteiger partial charge in [-0.1, -0.05) is 0 Å². The number of rotatable bonds is 3. The normalized spacial score (nSPS) is 22.8. The van der Waals surface area contributed by atoms with Gasteiger partial charge in [-0.25, -0.2) is 14.6 Å². The fourth-order valence-corrected chi connectivity index (χ4v) is 4.20. The molecule has 2 aliphatic rings. The Kier molecular flexibility index (Phi) is 5.00. The molecule has 0 spiro atoms. The van der Waals surface area contributed by atoms with E-state index in [1.165, 1.54) is 17.2 Å². The minimum Gasteiger partial charge on any atom is -0.480 e. The van der Waals surface area contributed by atoms with Crippen LogP contribution in [-0.2, 0) is 23.8 Å². The number of carboxylic acid groups (broad SMARTS) is 1. The SMILES string of the molecule is Nc1cc(C[C@H]2C(O)N(C(=O)N3CCc4cc(C(F)(F)F)ccc43)[C@@H]2C(=O)O)ccn1. The highest BCUT2D eigenvalue weighted by atomic mass is 19.4. The first-order valence-electron chi connectivity index (χ1n) is 9.49. The Bertz CT molecular complexity index is 1050. The number of aliphatic carboxylic acids is 1. The number of hydrogen-bond acceptors (Lipinski definition) is 5. The molecule has 4 N–H and O–H groups in total. The highest BCUT2D eigenvalue weighted by molar-refractivity contribution is 5.97. The second-order valence-electron chi connectivity index (χ2n) is 7.59. The van der Waals surface area contributed by atoms with Gasteiger partial charge in [-0.05, 0) is 54.3 Å². The molecular formula is C20H19F3N4O4. The van der Waals surface area contributed by atoms with Crippen LogP contribution in [0, 0.1) is 5.92 Å². The lowest BCUT2D eigenvalue weighted by atomic mass is 9.81. The summed E-state index contributed by atoms with van der Waals surface area (Å²) in [4.78, 5) is 30.8. The summed E-state index contributed by atoms with van der Waals surface area (Å²) in [5.74, 6) is -1.80. The zero-order valence-electron chi connectivity index (χ0n) is 16.1. The fraction of sp³-hybridized carbons (Fsp3) is 0.350. The van der Waals surface area contributed by atoms with Gasteiger partial charge in [0.2, 0.25) is 0 Å². The molecule has 1 aromatic carbocycles. The molecule has 31 heavy (non-hydrogen) atoms. The molecule has 3 atom stereocenters. The lowest BCUT2D eigenvalue weighted by Gasteiger charge is -2.51. The molecule has 164 valence electrons. The Hall–Kier alpha value is -3.34. The average molecular weight is 436 g/mol. The van der Waals surface area contributed by atoms with E-state index in [4.69, 9.17) is 5.73 Å². The number of carbonyl (C=O) groups is 2. The average Bonchev–Trinajstić information content (AvgIpc) is 3.12. The second-order valence-corrected chi connectivity index (χ2v) is 7.59. The van der Waals surface area contributed by atoms with Crippen LogP contribution in [0.2, 0.25) is 0 Å². The number of benzene rings is 1. The van der Waals surface area contributed by atoms with E-state index in [2.05, 4.69) is 4.98 Å². The van der Waals surface area contributed by atoms with Gasteiger partial charge in [-0.2, -0.15) is 13.2 Å². The lowest BCUT2D eigenvalue weighted by molar-refractivity contribution is -0.179. The first-order chi connectivity index (χ1) is 14.6. The number of halogens is 3. The number of amides is 2. The van der Waals surface area contributed by atoms with Crippen molar-refractivity contribution < 1.29 is 33.0 Å². The van der Waals surface area contributed by atoms with Crippen molar-refractivity contribution in [2.45, 2.75) is 31.3 Å². The van der Waals surface area contributed by atoms with Crippen LogP contribution in [0.5, 0.6) is 0 Å². The van der Waals surface area contributed by atoms with Gasteiger partial charge >= 0.3 is 18.2 Å². The minimum atomic E-state index is -4.50. The van der Waals surface area contributed by atoms with E-state index in [1.807, 2.05) is 0 Å². The molecule has 0 radical (unpaired) electrons. The Morgan fingerprint density at radius 3 is 2.61 bits per heavy atom. The monoisotopic (exact) mass is 436 g/mol. The predicted octanol–water partition coefficient (Wildman–Crippen LogP) is 2.11. The van der Waals surface area contributed by atoms with Crippen LogP contribution in [0.25, 0.3) is 0 Å². The molecule has 8 nitrogen and oxygen atoms in total. The Morgan fingerprint density at radius 2 is 1.97 bits per heavy atom. The lowest BCUT2D eigenvalue weighted by Crippen LogP contribution is -2.71. The highest BCUT2D eigenvalue weighted by Crippen LogP contribution is 2.39. The van der Waals surface area contributed by atoms with Crippen molar-refractivity contribution in [3.8, 4) is 0 Å². The molecule has 4 rings (SSSR count). The summed E-state index contributed by atoms with van der Waals surface area (Å²) in [6.07, 6.45) is -4.03. The fourth-order valence-electron chi connectivity index (χ4n) is 4.20. The summed E-state index contributed by atoms with van der Waals surface area (Å²) < 4.78 is 38.8. The Balaban J connectivity index is 1.55. The zero-order chi connectivity index (χ0) is 22.5. The summed E-state index contributed by atoms with van der Waals surface area (Å²) >= 11 is 0. The number of carbonyl (C=O) groups excluding carboxylic acids is 1. The van der Waals surface area contributed by atoms with Crippen LogP contribution in [0.15, 0.2) is 36.5 Å². The van der Waals surface area contributed by atoms with Crippen molar-refractivity contribution in [3.63, 3.8) is 0 Å². The summed E-state index contributed by atoms with van der Waals surface area (Å²) in [6, 6.07) is 4.22. The van der Waals surface area contributed by atoms with E-state index in [0.717, 1.165) is 17.0 Å². The van der Waals surface area contributed by atoms with Gasteiger partial charge in [0, 0.05) is 24.3 Å². The predicted molar refractivity (Wildman–Crippen MR) is 103 cm³/mol. The summed E-state index contributed by atoms with van der Waals surface area (Å²) in [7, 11) is 0. The molecule has 1 saturated heterocycles. The van der Waals surface area contributed by atoms with Crippen molar-refractivity contribution >= 4 is 23.5 Å². The molecule has 0 bridgehead atoms. The molecule has 2 amide bonds. The minimum absolute atomic E-state index is 0.0938. The van der Waals surface area contributed by atoms with Crippen molar-refractivity contribution in [3.05, 3.63) is 53.2 Å². The van der Waals surface area contributed by atoms with Crippen LogP contribution >= 0.6 is 0 Å². The number of aromatic nitrogens is 1. The molecule has 0 saturated carbocycles. The number of aliphatic hydroxyl groups excluding tert-OH is 1. The van der Waals surface area contributed by atoms with Gasteiger partial charge in [-0.15, -0.1) is 0 Å². The third-order valence-corrected chi connectivity index (χ3v) is 5.70. The van der Waals surface area contributed by atoms with Crippen LogP contribution < -0.4 is 10.6 Å². The van der Waals surface area contributed by atoms with Gasteiger partial charge in [0.15, 0.2) is 0 Å². The molecule has 3 heterocycles. The quantitative estimate of drug-likeness (QED) is 0.678. The first-order valence-corrected chi connectivity index (χ1v) is 9.49. The Morgan fingerprint density at radius 1 is 1.23 bits per heavy atom. The molecule has 11 heteroatoms. The van der Waals surface area contributed by atoms with Crippen LogP contribution in [-0.4, -0.2) is 50.9 Å². The maximum atomic E-state index is 13.0. The number of pyridine rings is 1. The van der Waals surface area contributed by atoms with Gasteiger partial charge in [0.25, 0.3) is 0 Å². The summed E-state index contributed by atoms with van der Waals surface area (Å²) in [5, 5.41) is 20.2. The molecular weight excluding hydrogens is 417 g/mol. The molecule has 2 aromatic rings. The third kappa shape index (κ3) is 3.65. The maximum absolute atomic E-state index is 13.0. The molecule has 1 aromatic heterocycles. The van der Waals surface area contributed by atoms with E-state index in [1.54, 1.807) is 12.1 Å². The first kappa shape index (κ1) is 20.9. The number of nitrogens with zero attached hydrogens (tertiary/aromatic N) is 3. The van der Waals surface area contributed by atoms with E-state index in [0.29, 0.717) is 11.1 Å². The summed E-state index contributed by atoms with van der Waals surface area (Å²) in [6.45, 7) is 0.0938. The maximum Gasteiger partial charge on any atom is 0.416 e. The van der Waals surface area contributed by atoms with Gasteiger partial charge in [-0.3, -0.25) is 9.80 Å². The number of nitrogens with two attached hydrogens (primary N) is 1. The topological polar surface area (TPSA) is 120 Å². The zero-order valence-corrected chi connectivity index (χ0v) is 16.1. The molecule has 0 aliphatic carbocycles. The third-order valence-electron chi connectivity index (χ3n) is 5.70. The number of hydrogen-bond donors (Lipinski definition) is 3. The Labute approximate surface area is 174 Å². The summed E-state index contributed by atoms with van der Waals surface area (Å²) in [5.41, 5.74) is 6.10.